The molecule has 26 heavy (non-hydrogen) atoms. The summed E-state index contributed by atoms with van der Waals surface area (Å²) in [4.78, 5) is 12.1. The van der Waals surface area contributed by atoms with E-state index in [2.05, 4.69) is 44.0 Å². The van der Waals surface area contributed by atoms with Gasteiger partial charge in [-0.25, -0.2) is 4.98 Å². The average Bonchev–Trinajstić information content (AvgIpc) is 2.97. The van der Waals surface area contributed by atoms with Gasteiger partial charge in [0.2, 0.25) is 0 Å². The van der Waals surface area contributed by atoms with E-state index in [0.717, 1.165) is 36.7 Å². The van der Waals surface area contributed by atoms with Crippen LogP contribution in [0.2, 0.25) is 0 Å². The molecule has 1 aliphatic heterocycles. The van der Waals surface area contributed by atoms with E-state index >= 15 is 0 Å². The Labute approximate surface area is 152 Å². The number of aliphatic hydroxyl groups is 1. The van der Waals surface area contributed by atoms with E-state index in [-0.39, 0.29) is 0 Å². The Morgan fingerprint density at radius 2 is 2.04 bits per heavy atom. The fourth-order valence-corrected chi connectivity index (χ4v) is 3.53. The number of benzene rings is 1. The number of rotatable bonds is 3. The van der Waals surface area contributed by atoms with Crippen molar-refractivity contribution >= 4 is 16.7 Å². The second-order valence-electron chi connectivity index (χ2n) is 6.71. The molecule has 0 radical (unpaired) electrons. The molecule has 0 spiro atoms. The van der Waals surface area contributed by atoms with Crippen LogP contribution < -0.4 is 4.90 Å². The van der Waals surface area contributed by atoms with E-state index in [4.69, 9.17) is 5.26 Å². The number of fused-ring (bicyclic) bond motifs is 1. The molecule has 0 aliphatic carbocycles. The van der Waals surface area contributed by atoms with Crippen molar-refractivity contribution in [2.24, 2.45) is 0 Å². The Kier molecular flexibility index (Phi) is 4.57. The lowest BCUT2D eigenvalue weighted by atomic mass is 10.2. The molecular formula is C20H21N5O. The van der Waals surface area contributed by atoms with Crippen LogP contribution in [0.15, 0.2) is 48.5 Å². The Morgan fingerprint density at radius 3 is 2.88 bits per heavy atom. The molecular weight excluding hydrogens is 326 g/mol. The molecule has 4 rings (SSSR count). The smallest absolute Gasteiger partial charge is 0.142 e. The van der Waals surface area contributed by atoms with Crippen molar-refractivity contribution < 1.29 is 5.11 Å². The fraction of sp³-hybridized carbons (Fsp3) is 0.300. The maximum Gasteiger partial charge on any atom is 0.142 e. The molecule has 1 aliphatic rings. The van der Waals surface area contributed by atoms with Gasteiger partial charge in [-0.2, -0.15) is 5.26 Å². The summed E-state index contributed by atoms with van der Waals surface area (Å²) in [6.45, 7) is 3.49. The molecule has 3 heterocycles. The van der Waals surface area contributed by atoms with Gasteiger partial charge in [0.1, 0.15) is 17.6 Å². The van der Waals surface area contributed by atoms with Gasteiger partial charge in [-0.1, -0.05) is 24.3 Å². The fourth-order valence-electron chi connectivity index (χ4n) is 3.53. The zero-order chi connectivity index (χ0) is 17.9. The van der Waals surface area contributed by atoms with Crippen molar-refractivity contribution in [3.8, 4) is 6.07 Å². The predicted molar refractivity (Wildman–Crippen MR) is 101 cm³/mol. The molecule has 1 saturated heterocycles. The molecule has 2 N–H and O–H groups in total. The number of aromatic amines is 1. The lowest BCUT2D eigenvalue weighted by molar-refractivity contribution is 0.128. The summed E-state index contributed by atoms with van der Waals surface area (Å²) in [6.07, 6.45) is -0.463. The third-order valence-corrected chi connectivity index (χ3v) is 4.74. The highest BCUT2D eigenvalue weighted by molar-refractivity contribution is 5.80. The number of hydrogen-bond donors (Lipinski definition) is 2. The number of nitrogens with zero attached hydrogens (tertiary/aromatic N) is 4. The topological polar surface area (TPSA) is 79.2 Å². The summed E-state index contributed by atoms with van der Waals surface area (Å²) in [6, 6.07) is 17.9. The minimum Gasteiger partial charge on any atom is -0.390 e. The number of aromatic nitrogens is 2. The Bertz CT molecular complexity index is 912. The van der Waals surface area contributed by atoms with E-state index in [1.54, 1.807) is 6.07 Å². The maximum atomic E-state index is 10.4. The number of nitrogens with one attached hydrogen (secondary N) is 1. The molecule has 6 heteroatoms. The lowest BCUT2D eigenvalue weighted by Crippen LogP contribution is -2.33. The SMILES string of the molecule is N#Cc1cccc(N2CCN(Cc3cc4ccccc4[nH]3)C[C@H](O)C2)n1. The molecule has 0 bridgehead atoms. The maximum absolute atomic E-state index is 10.4. The number of H-pyrrole nitrogens is 1. The van der Waals surface area contributed by atoms with Crippen LogP contribution >= 0.6 is 0 Å². The van der Waals surface area contributed by atoms with Gasteiger partial charge in [-0.15, -0.1) is 0 Å². The second kappa shape index (κ2) is 7.16. The summed E-state index contributed by atoms with van der Waals surface area (Å²) in [5.74, 6) is 0.746. The van der Waals surface area contributed by atoms with Gasteiger partial charge in [0.05, 0.1) is 6.10 Å². The van der Waals surface area contributed by atoms with Crippen molar-refractivity contribution in [3.63, 3.8) is 0 Å². The van der Waals surface area contributed by atoms with Crippen LogP contribution in [0.25, 0.3) is 10.9 Å². The minimum absolute atomic E-state index is 0.399. The third kappa shape index (κ3) is 3.54. The summed E-state index contributed by atoms with van der Waals surface area (Å²) in [5.41, 5.74) is 2.68. The van der Waals surface area contributed by atoms with Gasteiger partial charge >= 0.3 is 0 Å². The van der Waals surface area contributed by atoms with Crippen molar-refractivity contribution in [1.29, 1.82) is 5.26 Å². The Morgan fingerprint density at radius 1 is 1.15 bits per heavy atom. The van der Waals surface area contributed by atoms with Crippen LogP contribution in [-0.2, 0) is 6.54 Å². The van der Waals surface area contributed by atoms with E-state index in [1.807, 2.05) is 24.3 Å². The molecule has 6 nitrogen and oxygen atoms in total. The normalized spacial score (nSPS) is 18.6. The summed E-state index contributed by atoms with van der Waals surface area (Å²) in [5, 5.41) is 20.7. The average molecular weight is 347 g/mol. The molecule has 0 amide bonds. The molecule has 0 unspecified atom stereocenters. The summed E-state index contributed by atoms with van der Waals surface area (Å²) < 4.78 is 0. The number of hydrogen-bond acceptors (Lipinski definition) is 5. The van der Waals surface area contributed by atoms with E-state index < -0.39 is 6.10 Å². The van der Waals surface area contributed by atoms with Crippen molar-refractivity contribution in [2.45, 2.75) is 12.6 Å². The van der Waals surface area contributed by atoms with Crippen LogP contribution in [-0.4, -0.2) is 52.3 Å². The number of nitriles is 1. The van der Waals surface area contributed by atoms with Gasteiger partial charge in [-0.05, 0) is 29.7 Å². The zero-order valence-electron chi connectivity index (χ0n) is 14.5. The first kappa shape index (κ1) is 16.6. The van der Waals surface area contributed by atoms with Gasteiger partial charge in [-0.3, -0.25) is 4.90 Å². The highest BCUT2D eigenvalue weighted by Crippen LogP contribution is 2.18. The molecule has 3 aromatic rings. The number of aliphatic hydroxyl groups excluding tert-OH is 1. The van der Waals surface area contributed by atoms with E-state index in [1.165, 1.54) is 5.39 Å². The number of anilines is 1. The second-order valence-corrected chi connectivity index (χ2v) is 6.71. The van der Waals surface area contributed by atoms with Crippen molar-refractivity contribution in [3.05, 3.63) is 59.9 Å². The van der Waals surface area contributed by atoms with Crippen molar-refractivity contribution in [2.75, 3.05) is 31.1 Å². The van der Waals surface area contributed by atoms with Gasteiger partial charge in [0.25, 0.3) is 0 Å². The number of pyridine rings is 1. The molecule has 2 aromatic heterocycles. The monoisotopic (exact) mass is 347 g/mol. The molecule has 1 atom stereocenters. The highest BCUT2D eigenvalue weighted by atomic mass is 16.3. The first-order chi connectivity index (χ1) is 12.7. The first-order valence-electron chi connectivity index (χ1n) is 8.80. The van der Waals surface area contributed by atoms with E-state index in [0.29, 0.717) is 18.8 Å². The van der Waals surface area contributed by atoms with Gasteiger partial charge in [0, 0.05) is 43.9 Å². The third-order valence-electron chi connectivity index (χ3n) is 4.74. The van der Waals surface area contributed by atoms with Crippen LogP contribution in [0.3, 0.4) is 0 Å². The highest BCUT2D eigenvalue weighted by Gasteiger charge is 2.22. The Balaban J connectivity index is 1.47. The van der Waals surface area contributed by atoms with Crippen LogP contribution in [0.5, 0.6) is 0 Å². The van der Waals surface area contributed by atoms with Crippen LogP contribution in [0.4, 0.5) is 5.82 Å². The zero-order valence-corrected chi connectivity index (χ0v) is 14.5. The molecule has 132 valence electrons. The Hall–Kier alpha value is -2.88. The molecule has 1 aromatic carbocycles. The molecule has 0 saturated carbocycles. The van der Waals surface area contributed by atoms with Crippen LogP contribution in [0, 0.1) is 11.3 Å². The number of β-amino-alcohol motifs (C(OH)–C–C–N with tert-alkyl or cyclic N) is 1. The van der Waals surface area contributed by atoms with Crippen LogP contribution in [0.1, 0.15) is 11.4 Å². The predicted octanol–water partition coefficient (Wildman–Crippen LogP) is 2.12. The first-order valence-corrected chi connectivity index (χ1v) is 8.80. The standard InChI is InChI=1S/C20H21N5O/c21-11-16-5-3-7-20(23-16)25-9-8-24(13-18(26)14-25)12-17-10-15-4-1-2-6-19(15)22-17/h1-7,10,18,22,26H,8-9,12-14H2/t18-/m0/s1. The summed E-state index contributed by atoms with van der Waals surface area (Å²) in [7, 11) is 0. The van der Waals surface area contributed by atoms with Crippen molar-refractivity contribution in [1.82, 2.24) is 14.9 Å². The van der Waals surface area contributed by atoms with E-state index in [9.17, 15) is 5.11 Å². The number of para-hydroxylation sites is 1. The van der Waals surface area contributed by atoms with Gasteiger partial charge in [0.15, 0.2) is 0 Å². The quantitative estimate of drug-likeness (QED) is 0.759. The largest absolute Gasteiger partial charge is 0.390 e. The lowest BCUT2D eigenvalue weighted by Gasteiger charge is -2.22. The molecule has 1 fully saturated rings. The van der Waals surface area contributed by atoms with Gasteiger partial charge < -0.3 is 15.0 Å². The minimum atomic E-state index is -0.463. The summed E-state index contributed by atoms with van der Waals surface area (Å²) >= 11 is 0.